The Hall–Kier alpha value is -1.42. The predicted octanol–water partition coefficient (Wildman–Crippen LogP) is 4.29. The van der Waals surface area contributed by atoms with Gasteiger partial charge in [-0.1, -0.05) is 58.0 Å². The smallest absolute Gasteiger partial charge is 0.195 e. The van der Waals surface area contributed by atoms with Gasteiger partial charge in [0.25, 0.3) is 0 Å². The van der Waals surface area contributed by atoms with E-state index >= 15 is 0 Å². The fourth-order valence-corrected chi connectivity index (χ4v) is 2.06. The van der Waals surface area contributed by atoms with E-state index in [-0.39, 0.29) is 5.41 Å². The number of benzene rings is 1. The molecular weight excluding hydrogens is 254 g/mol. The molecule has 102 valence electrons. The van der Waals surface area contributed by atoms with Crippen LogP contribution in [0.5, 0.6) is 0 Å². The van der Waals surface area contributed by atoms with E-state index in [1.54, 1.807) is 0 Å². The second kappa shape index (κ2) is 5.29. The fraction of sp³-hybridized carbons (Fsp3) is 0.467. The zero-order valence-corrected chi connectivity index (χ0v) is 12.8. The molecule has 0 aliphatic carbocycles. The fourth-order valence-electron chi connectivity index (χ4n) is 1.86. The molecule has 0 amide bonds. The van der Waals surface area contributed by atoms with E-state index in [0.717, 1.165) is 17.9 Å². The van der Waals surface area contributed by atoms with Gasteiger partial charge in [0.1, 0.15) is 0 Å². The largest absolute Gasteiger partial charge is 0.300 e. The zero-order chi connectivity index (χ0) is 14.0. The Bertz CT molecular complexity index is 593. The molecule has 0 saturated carbocycles. The van der Waals surface area contributed by atoms with Crippen molar-refractivity contribution in [1.82, 2.24) is 14.8 Å². The first-order valence-electron chi connectivity index (χ1n) is 6.62. The summed E-state index contributed by atoms with van der Waals surface area (Å²) in [5.41, 5.74) is 1.26. The molecule has 0 unspecified atom stereocenters. The van der Waals surface area contributed by atoms with E-state index in [0.29, 0.717) is 10.7 Å². The topological polar surface area (TPSA) is 33.6 Å². The van der Waals surface area contributed by atoms with Crippen LogP contribution >= 0.6 is 12.2 Å². The van der Waals surface area contributed by atoms with Crippen LogP contribution in [0.3, 0.4) is 0 Å². The summed E-state index contributed by atoms with van der Waals surface area (Å²) in [6, 6.07) is 10.2. The average molecular weight is 275 g/mol. The normalized spacial score (nSPS) is 12.1. The van der Waals surface area contributed by atoms with Crippen molar-refractivity contribution in [3.05, 3.63) is 35.1 Å². The average Bonchev–Trinajstić information content (AvgIpc) is 2.71. The number of H-pyrrole nitrogens is 1. The molecule has 1 N–H and O–H groups in total. The van der Waals surface area contributed by atoms with E-state index in [4.69, 9.17) is 12.2 Å². The lowest BCUT2D eigenvalue weighted by Crippen LogP contribution is -2.26. The van der Waals surface area contributed by atoms with Crippen molar-refractivity contribution in [2.75, 3.05) is 0 Å². The molecular formula is C15H21N3S. The highest BCUT2D eigenvalue weighted by molar-refractivity contribution is 7.71. The monoisotopic (exact) mass is 275 g/mol. The van der Waals surface area contributed by atoms with Crippen LogP contribution in [0.1, 0.15) is 27.7 Å². The van der Waals surface area contributed by atoms with Gasteiger partial charge in [0.2, 0.25) is 0 Å². The molecule has 3 nitrogen and oxygen atoms in total. The van der Waals surface area contributed by atoms with Gasteiger partial charge >= 0.3 is 0 Å². The van der Waals surface area contributed by atoms with Gasteiger partial charge in [-0.05, 0) is 23.6 Å². The molecule has 0 saturated heterocycles. The molecule has 19 heavy (non-hydrogen) atoms. The summed E-state index contributed by atoms with van der Waals surface area (Å²) in [5, 5.41) is 7.29. The van der Waals surface area contributed by atoms with Gasteiger partial charge in [-0.15, -0.1) is 0 Å². The SMILES string of the molecule is CC(C)C(C)(C)Cn1c(-c2ccccc2)n[nH]c1=S. The quantitative estimate of drug-likeness (QED) is 0.844. The molecule has 2 aromatic rings. The van der Waals surface area contributed by atoms with Gasteiger partial charge < -0.3 is 0 Å². The van der Waals surface area contributed by atoms with E-state index in [1.165, 1.54) is 0 Å². The van der Waals surface area contributed by atoms with Gasteiger partial charge in [0.15, 0.2) is 10.6 Å². The molecule has 0 fully saturated rings. The van der Waals surface area contributed by atoms with Crippen LogP contribution < -0.4 is 0 Å². The molecule has 1 aromatic heterocycles. The highest BCUT2D eigenvalue weighted by Gasteiger charge is 2.25. The van der Waals surface area contributed by atoms with Crippen molar-refractivity contribution in [3.63, 3.8) is 0 Å². The maximum absolute atomic E-state index is 5.37. The minimum absolute atomic E-state index is 0.172. The third kappa shape index (κ3) is 2.95. The first-order valence-corrected chi connectivity index (χ1v) is 7.03. The van der Waals surface area contributed by atoms with Crippen LogP contribution in [0.15, 0.2) is 30.3 Å². The molecule has 0 radical (unpaired) electrons. The Morgan fingerprint density at radius 3 is 2.47 bits per heavy atom. The van der Waals surface area contributed by atoms with Crippen LogP contribution in [0.4, 0.5) is 0 Å². The summed E-state index contributed by atoms with van der Waals surface area (Å²) < 4.78 is 2.79. The first-order chi connectivity index (χ1) is 8.92. The van der Waals surface area contributed by atoms with E-state index < -0.39 is 0 Å². The number of aromatic amines is 1. The summed E-state index contributed by atoms with van der Waals surface area (Å²) in [6.07, 6.45) is 0. The highest BCUT2D eigenvalue weighted by Crippen LogP contribution is 2.30. The van der Waals surface area contributed by atoms with Crippen LogP contribution in [-0.4, -0.2) is 14.8 Å². The Balaban J connectivity index is 2.42. The second-order valence-electron chi connectivity index (χ2n) is 5.95. The van der Waals surface area contributed by atoms with Crippen LogP contribution in [-0.2, 0) is 6.54 Å². The Morgan fingerprint density at radius 2 is 1.89 bits per heavy atom. The third-order valence-electron chi connectivity index (χ3n) is 3.92. The molecule has 4 heteroatoms. The lowest BCUT2D eigenvalue weighted by atomic mass is 9.81. The van der Waals surface area contributed by atoms with Crippen LogP contribution in [0.25, 0.3) is 11.4 Å². The minimum atomic E-state index is 0.172. The molecule has 2 rings (SSSR count). The standard InChI is InChI=1S/C15H21N3S/c1-11(2)15(3,4)10-18-13(16-17-14(18)19)12-8-6-5-7-9-12/h5-9,11H,10H2,1-4H3,(H,17,19). The minimum Gasteiger partial charge on any atom is -0.300 e. The summed E-state index contributed by atoms with van der Waals surface area (Å²) >= 11 is 5.37. The summed E-state index contributed by atoms with van der Waals surface area (Å²) in [4.78, 5) is 0. The molecule has 0 aliphatic heterocycles. The summed E-state index contributed by atoms with van der Waals surface area (Å²) in [7, 11) is 0. The van der Waals surface area contributed by atoms with Gasteiger partial charge in [-0.25, -0.2) is 0 Å². The first kappa shape index (κ1) is 14.0. The van der Waals surface area contributed by atoms with Crippen molar-refractivity contribution in [2.24, 2.45) is 11.3 Å². The number of nitrogens with zero attached hydrogens (tertiary/aromatic N) is 2. The summed E-state index contributed by atoms with van der Waals surface area (Å²) in [5.74, 6) is 1.49. The molecule has 1 heterocycles. The Morgan fingerprint density at radius 1 is 1.26 bits per heavy atom. The molecule has 0 aliphatic rings. The van der Waals surface area contributed by atoms with E-state index in [9.17, 15) is 0 Å². The highest BCUT2D eigenvalue weighted by atomic mass is 32.1. The Labute approximate surface area is 119 Å². The van der Waals surface area contributed by atoms with Crippen molar-refractivity contribution >= 4 is 12.2 Å². The van der Waals surface area contributed by atoms with E-state index in [2.05, 4.69) is 54.6 Å². The van der Waals surface area contributed by atoms with E-state index in [1.807, 2.05) is 18.2 Å². The number of nitrogens with one attached hydrogen (secondary N) is 1. The summed E-state index contributed by atoms with van der Waals surface area (Å²) in [6.45, 7) is 9.88. The van der Waals surface area contributed by atoms with Crippen molar-refractivity contribution in [3.8, 4) is 11.4 Å². The van der Waals surface area contributed by atoms with Crippen LogP contribution in [0.2, 0.25) is 0 Å². The van der Waals surface area contributed by atoms with Crippen molar-refractivity contribution < 1.29 is 0 Å². The van der Waals surface area contributed by atoms with Crippen LogP contribution in [0, 0.1) is 16.1 Å². The molecule has 0 spiro atoms. The Kier molecular flexibility index (Phi) is 3.90. The zero-order valence-electron chi connectivity index (χ0n) is 12.0. The molecule has 0 atom stereocenters. The van der Waals surface area contributed by atoms with Gasteiger partial charge in [0, 0.05) is 12.1 Å². The molecule has 0 bridgehead atoms. The number of rotatable bonds is 4. The maximum Gasteiger partial charge on any atom is 0.195 e. The number of hydrogen-bond acceptors (Lipinski definition) is 2. The lowest BCUT2D eigenvalue weighted by molar-refractivity contribution is 0.210. The number of aromatic nitrogens is 3. The molecule has 1 aromatic carbocycles. The van der Waals surface area contributed by atoms with Gasteiger partial charge in [-0.3, -0.25) is 9.67 Å². The van der Waals surface area contributed by atoms with Gasteiger partial charge in [-0.2, -0.15) is 5.10 Å². The maximum atomic E-state index is 5.37. The van der Waals surface area contributed by atoms with Gasteiger partial charge in [0.05, 0.1) is 0 Å². The van der Waals surface area contributed by atoms with Crippen molar-refractivity contribution in [1.29, 1.82) is 0 Å². The second-order valence-corrected chi connectivity index (χ2v) is 6.33. The third-order valence-corrected chi connectivity index (χ3v) is 4.23. The number of hydrogen-bond donors (Lipinski definition) is 1. The predicted molar refractivity (Wildman–Crippen MR) is 81.5 cm³/mol. The lowest BCUT2D eigenvalue weighted by Gasteiger charge is -2.30. The van der Waals surface area contributed by atoms with Crippen molar-refractivity contribution in [2.45, 2.75) is 34.2 Å².